The topological polar surface area (TPSA) is 86.6 Å². The minimum atomic E-state index is -0.225. The van der Waals surface area contributed by atoms with Gasteiger partial charge in [0.15, 0.2) is 17.8 Å². The molecule has 0 fully saturated rings. The molecular formula is C16H15NO4. The summed E-state index contributed by atoms with van der Waals surface area (Å²) < 4.78 is 0. The number of aryl methyl sites for hydroxylation is 1. The number of phenols is 2. The molecule has 3 N–H and O–H groups in total. The molecule has 2 aromatic rings. The lowest BCUT2D eigenvalue weighted by atomic mass is 10.1. The Morgan fingerprint density at radius 1 is 1.10 bits per heavy atom. The minimum Gasteiger partial charge on any atom is -0.504 e. The lowest BCUT2D eigenvalue weighted by Gasteiger charge is -2.08. The molecule has 0 aromatic heterocycles. The molecule has 0 aliphatic heterocycles. The predicted octanol–water partition coefficient (Wildman–Crippen LogP) is 2.48. The van der Waals surface area contributed by atoms with Crippen molar-refractivity contribution in [2.24, 2.45) is 0 Å². The summed E-state index contributed by atoms with van der Waals surface area (Å²) in [6, 6.07) is 11.2. The average Bonchev–Trinajstić information content (AvgIpc) is 2.49. The molecule has 0 heterocycles. The number of hydrogen-bond acceptors (Lipinski definition) is 4. The molecular weight excluding hydrogens is 270 g/mol. The minimum absolute atomic E-state index is 0.192. The number of phenolic OH excluding ortho intramolecular Hbond substituents is 2. The van der Waals surface area contributed by atoms with E-state index in [2.05, 4.69) is 5.32 Å². The van der Waals surface area contributed by atoms with Crippen LogP contribution >= 0.6 is 0 Å². The van der Waals surface area contributed by atoms with Gasteiger partial charge < -0.3 is 15.5 Å². The number of aromatic hydroxyl groups is 2. The molecule has 5 heteroatoms. The summed E-state index contributed by atoms with van der Waals surface area (Å²) in [6.45, 7) is 0. The molecule has 5 nitrogen and oxygen atoms in total. The number of amides is 1. The maximum Gasteiger partial charge on any atom is 0.224 e. The first-order chi connectivity index (χ1) is 10.1. The Morgan fingerprint density at radius 2 is 1.86 bits per heavy atom. The zero-order valence-electron chi connectivity index (χ0n) is 11.2. The average molecular weight is 285 g/mol. The molecule has 1 amide bonds. The first kappa shape index (κ1) is 14.6. The van der Waals surface area contributed by atoms with Gasteiger partial charge in [0.25, 0.3) is 0 Å². The van der Waals surface area contributed by atoms with Crippen molar-refractivity contribution < 1.29 is 19.8 Å². The second-order valence-electron chi connectivity index (χ2n) is 4.58. The van der Waals surface area contributed by atoms with Gasteiger partial charge in [0.05, 0.1) is 5.69 Å². The Hall–Kier alpha value is -2.82. The van der Waals surface area contributed by atoms with E-state index in [1.807, 2.05) is 0 Å². The molecule has 0 unspecified atom stereocenters. The molecule has 0 aliphatic rings. The van der Waals surface area contributed by atoms with Gasteiger partial charge in [-0.05, 0) is 36.2 Å². The van der Waals surface area contributed by atoms with Crippen LogP contribution in [-0.2, 0) is 11.2 Å². The highest BCUT2D eigenvalue weighted by atomic mass is 16.3. The maximum absolute atomic E-state index is 11.9. The third-order valence-corrected chi connectivity index (χ3v) is 3.04. The number of carbonyl (C=O) groups excluding carboxylic acids is 2. The fraction of sp³-hybridized carbons (Fsp3) is 0.125. The van der Waals surface area contributed by atoms with Crippen molar-refractivity contribution in [3.05, 3.63) is 53.6 Å². The Morgan fingerprint density at radius 3 is 2.57 bits per heavy atom. The molecule has 0 spiro atoms. The van der Waals surface area contributed by atoms with Gasteiger partial charge in [-0.15, -0.1) is 0 Å². The highest BCUT2D eigenvalue weighted by Crippen LogP contribution is 2.25. The summed E-state index contributed by atoms with van der Waals surface area (Å²) in [5.41, 5.74) is 1.64. The zero-order chi connectivity index (χ0) is 15.2. The predicted molar refractivity (Wildman–Crippen MR) is 78.6 cm³/mol. The molecule has 0 aliphatic carbocycles. The summed E-state index contributed by atoms with van der Waals surface area (Å²) in [4.78, 5) is 22.7. The second kappa shape index (κ2) is 6.56. The van der Waals surface area contributed by atoms with Crippen molar-refractivity contribution >= 4 is 17.9 Å². The van der Waals surface area contributed by atoms with Crippen LogP contribution in [0.4, 0.5) is 5.69 Å². The Labute approximate surface area is 121 Å². The Bertz CT molecular complexity index is 667. The highest BCUT2D eigenvalue weighted by molar-refractivity contribution is 5.96. The monoisotopic (exact) mass is 285 g/mol. The number of hydrogen-bond donors (Lipinski definition) is 3. The first-order valence-corrected chi connectivity index (χ1v) is 6.45. The first-order valence-electron chi connectivity index (χ1n) is 6.45. The van der Waals surface area contributed by atoms with E-state index in [1.165, 1.54) is 12.1 Å². The van der Waals surface area contributed by atoms with E-state index in [-0.39, 0.29) is 23.8 Å². The van der Waals surface area contributed by atoms with Crippen LogP contribution in [0.5, 0.6) is 11.5 Å². The molecule has 2 aromatic carbocycles. The third kappa shape index (κ3) is 3.82. The van der Waals surface area contributed by atoms with Crippen molar-refractivity contribution in [1.29, 1.82) is 0 Å². The SMILES string of the molecule is O=Cc1ccccc1NC(=O)CCc1ccc(O)c(O)c1. The van der Waals surface area contributed by atoms with Crippen molar-refractivity contribution in [3.63, 3.8) is 0 Å². The smallest absolute Gasteiger partial charge is 0.224 e. The summed E-state index contributed by atoms with van der Waals surface area (Å²) in [7, 11) is 0. The molecule has 21 heavy (non-hydrogen) atoms. The van der Waals surface area contributed by atoms with Crippen LogP contribution in [0, 0.1) is 0 Å². The number of para-hydroxylation sites is 1. The van der Waals surface area contributed by atoms with E-state index in [0.717, 1.165) is 5.56 Å². The summed E-state index contributed by atoms with van der Waals surface area (Å²) in [6.07, 6.45) is 1.31. The quantitative estimate of drug-likeness (QED) is 0.582. The van der Waals surface area contributed by atoms with Gasteiger partial charge >= 0.3 is 0 Å². The number of rotatable bonds is 5. The molecule has 0 bridgehead atoms. The van der Waals surface area contributed by atoms with Gasteiger partial charge in [-0.3, -0.25) is 9.59 Å². The van der Waals surface area contributed by atoms with Crippen molar-refractivity contribution in [2.75, 3.05) is 5.32 Å². The number of anilines is 1. The fourth-order valence-corrected chi connectivity index (χ4v) is 1.91. The van der Waals surface area contributed by atoms with E-state index >= 15 is 0 Å². The number of aldehydes is 1. The molecule has 0 atom stereocenters. The molecule has 0 saturated heterocycles. The van der Waals surface area contributed by atoms with E-state index in [1.54, 1.807) is 30.3 Å². The van der Waals surface area contributed by atoms with Crippen LogP contribution in [0.3, 0.4) is 0 Å². The summed E-state index contributed by atoms with van der Waals surface area (Å²) in [5, 5.41) is 21.3. The van der Waals surface area contributed by atoms with E-state index in [9.17, 15) is 19.8 Å². The number of carbonyl (C=O) groups is 2. The molecule has 108 valence electrons. The standard InChI is InChI=1S/C16H15NO4/c18-10-12-3-1-2-4-13(12)17-16(21)8-6-11-5-7-14(19)15(20)9-11/h1-5,7,9-10,19-20H,6,8H2,(H,17,21). The fourth-order valence-electron chi connectivity index (χ4n) is 1.91. The summed E-state index contributed by atoms with van der Waals surface area (Å²) in [5.74, 6) is -0.626. The van der Waals surface area contributed by atoms with Crippen molar-refractivity contribution in [3.8, 4) is 11.5 Å². The normalized spacial score (nSPS) is 10.1. The Balaban J connectivity index is 1.95. The van der Waals surface area contributed by atoms with Crippen molar-refractivity contribution in [2.45, 2.75) is 12.8 Å². The highest BCUT2D eigenvalue weighted by Gasteiger charge is 2.07. The van der Waals surface area contributed by atoms with Gasteiger partial charge in [-0.1, -0.05) is 18.2 Å². The van der Waals surface area contributed by atoms with Gasteiger partial charge in [-0.25, -0.2) is 0 Å². The van der Waals surface area contributed by atoms with Crippen LogP contribution in [0.15, 0.2) is 42.5 Å². The third-order valence-electron chi connectivity index (χ3n) is 3.04. The molecule has 0 saturated carbocycles. The van der Waals surface area contributed by atoms with Gasteiger partial charge in [-0.2, -0.15) is 0 Å². The van der Waals surface area contributed by atoms with E-state index in [4.69, 9.17) is 0 Å². The zero-order valence-corrected chi connectivity index (χ0v) is 11.2. The molecule has 2 rings (SSSR count). The number of benzene rings is 2. The second-order valence-corrected chi connectivity index (χ2v) is 4.58. The van der Waals surface area contributed by atoms with E-state index < -0.39 is 0 Å². The van der Waals surface area contributed by atoms with Crippen LogP contribution in [-0.4, -0.2) is 22.4 Å². The van der Waals surface area contributed by atoms with Gasteiger partial charge in [0.2, 0.25) is 5.91 Å². The largest absolute Gasteiger partial charge is 0.504 e. The Kier molecular flexibility index (Phi) is 4.56. The maximum atomic E-state index is 11.9. The molecule has 0 radical (unpaired) electrons. The van der Waals surface area contributed by atoms with Gasteiger partial charge in [0, 0.05) is 12.0 Å². The van der Waals surface area contributed by atoms with Crippen LogP contribution in [0.2, 0.25) is 0 Å². The number of nitrogens with one attached hydrogen (secondary N) is 1. The van der Waals surface area contributed by atoms with Crippen LogP contribution in [0.25, 0.3) is 0 Å². The summed E-state index contributed by atoms with van der Waals surface area (Å²) >= 11 is 0. The van der Waals surface area contributed by atoms with E-state index in [0.29, 0.717) is 24.0 Å². The van der Waals surface area contributed by atoms with Gasteiger partial charge in [0.1, 0.15) is 0 Å². The van der Waals surface area contributed by atoms with Crippen LogP contribution < -0.4 is 5.32 Å². The van der Waals surface area contributed by atoms with Crippen molar-refractivity contribution in [1.82, 2.24) is 0 Å². The lowest BCUT2D eigenvalue weighted by molar-refractivity contribution is -0.116. The van der Waals surface area contributed by atoms with Crippen LogP contribution in [0.1, 0.15) is 22.3 Å². The lowest BCUT2D eigenvalue weighted by Crippen LogP contribution is -2.13.